The van der Waals surface area contributed by atoms with Gasteiger partial charge in [-0.25, -0.2) is 0 Å². The van der Waals surface area contributed by atoms with Crippen LogP contribution in [0.2, 0.25) is 0 Å². The molecule has 1 heterocycles. The van der Waals surface area contributed by atoms with Gasteiger partial charge in [0.25, 0.3) is 0 Å². The van der Waals surface area contributed by atoms with Crippen molar-refractivity contribution < 1.29 is 9.47 Å². The molecule has 0 aromatic heterocycles. The van der Waals surface area contributed by atoms with Crippen LogP contribution in [0.1, 0.15) is 26.7 Å². The Kier molecular flexibility index (Phi) is 2.32. The molecule has 1 saturated heterocycles. The molecule has 0 spiro atoms. The molecule has 0 saturated carbocycles. The van der Waals surface area contributed by atoms with Crippen molar-refractivity contribution in [3.05, 3.63) is 0 Å². The maximum atomic E-state index is 5.50. The van der Waals surface area contributed by atoms with Gasteiger partial charge in [0.15, 0.2) is 5.79 Å². The second-order valence-electron chi connectivity index (χ2n) is 3.11. The molecule has 0 N–H and O–H groups in total. The van der Waals surface area contributed by atoms with E-state index in [1.807, 2.05) is 6.92 Å². The molecule has 1 aliphatic heterocycles. The maximum Gasteiger partial charge on any atom is 0.167 e. The van der Waals surface area contributed by atoms with Crippen LogP contribution in [-0.2, 0) is 9.47 Å². The fraction of sp³-hybridized carbons (Fsp3) is 1.00. The highest BCUT2D eigenvalue weighted by Gasteiger charge is 2.34. The Morgan fingerprint density at radius 1 is 1.60 bits per heavy atom. The molecule has 2 unspecified atom stereocenters. The van der Waals surface area contributed by atoms with E-state index in [-0.39, 0.29) is 5.79 Å². The van der Waals surface area contributed by atoms with Crippen LogP contribution in [0.25, 0.3) is 0 Å². The van der Waals surface area contributed by atoms with Gasteiger partial charge in [-0.3, -0.25) is 0 Å². The van der Waals surface area contributed by atoms with Crippen LogP contribution in [0, 0.1) is 5.92 Å². The molecular formula is C8H16O2. The lowest BCUT2D eigenvalue weighted by Crippen LogP contribution is -2.41. The van der Waals surface area contributed by atoms with E-state index in [0.29, 0.717) is 5.92 Å². The molecule has 0 bridgehead atoms. The highest BCUT2D eigenvalue weighted by Crippen LogP contribution is 2.30. The Bertz CT molecular complexity index is 114. The number of methoxy groups -OCH3 is 1. The predicted molar refractivity (Wildman–Crippen MR) is 39.8 cm³/mol. The summed E-state index contributed by atoms with van der Waals surface area (Å²) in [6.07, 6.45) is 2.38. The summed E-state index contributed by atoms with van der Waals surface area (Å²) in [6, 6.07) is 0. The molecular weight excluding hydrogens is 128 g/mol. The van der Waals surface area contributed by atoms with Gasteiger partial charge in [-0.2, -0.15) is 0 Å². The molecule has 2 nitrogen and oxygen atoms in total. The fourth-order valence-corrected chi connectivity index (χ4v) is 1.33. The number of ether oxygens (including phenoxy) is 2. The maximum absolute atomic E-state index is 5.50. The average molecular weight is 144 g/mol. The Morgan fingerprint density at radius 3 is 2.70 bits per heavy atom. The third-order valence-electron chi connectivity index (χ3n) is 2.47. The van der Waals surface area contributed by atoms with Gasteiger partial charge >= 0.3 is 0 Å². The van der Waals surface area contributed by atoms with Gasteiger partial charge in [-0.1, -0.05) is 6.92 Å². The van der Waals surface area contributed by atoms with Crippen LogP contribution in [0.5, 0.6) is 0 Å². The van der Waals surface area contributed by atoms with Crippen molar-refractivity contribution >= 4 is 0 Å². The molecule has 60 valence electrons. The van der Waals surface area contributed by atoms with Crippen LogP contribution in [0.3, 0.4) is 0 Å². The zero-order chi connectivity index (χ0) is 7.61. The first-order valence-corrected chi connectivity index (χ1v) is 3.88. The second-order valence-corrected chi connectivity index (χ2v) is 3.11. The van der Waals surface area contributed by atoms with E-state index in [9.17, 15) is 0 Å². The van der Waals surface area contributed by atoms with Gasteiger partial charge < -0.3 is 9.47 Å². The summed E-state index contributed by atoms with van der Waals surface area (Å²) in [4.78, 5) is 0. The summed E-state index contributed by atoms with van der Waals surface area (Å²) in [7, 11) is 1.71. The normalized spacial score (nSPS) is 41.7. The van der Waals surface area contributed by atoms with Gasteiger partial charge in [0.2, 0.25) is 0 Å². The van der Waals surface area contributed by atoms with Crippen molar-refractivity contribution in [3.8, 4) is 0 Å². The van der Waals surface area contributed by atoms with E-state index in [4.69, 9.17) is 9.47 Å². The van der Waals surface area contributed by atoms with Crippen molar-refractivity contribution in [1.29, 1.82) is 0 Å². The molecule has 1 aliphatic rings. The van der Waals surface area contributed by atoms with Crippen LogP contribution >= 0.6 is 0 Å². The zero-order valence-electron chi connectivity index (χ0n) is 7.02. The smallest absolute Gasteiger partial charge is 0.167 e. The summed E-state index contributed by atoms with van der Waals surface area (Å²) in [5.41, 5.74) is 0. The second kappa shape index (κ2) is 2.89. The van der Waals surface area contributed by atoms with Crippen molar-refractivity contribution in [3.63, 3.8) is 0 Å². The van der Waals surface area contributed by atoms with Crippen LogP contribution < -0.4 is 0 Å². The SMILES string of the molecule is COC1(C)OCCCC1C. The molecule has 0 aromatic carbocycles. The lowest BCUT2D eigenvalue weighted by atomic mass is 9.94. The van der Waals surface area contributed by atoms with E-state index < -0.39 is 0 Å². The predicted octanol–water partition coefficient (Wildman–Crippen LogP) is 1.80. The molecule has 0 aliphatic carbocycles. The topological polar surface area (TPSA) is 18.5 Å². The zero-order valence-corrected chi connectivity index (χ0v) is 7.02. The monoisotopic (exact) mass is 144 g/mol. The summed E-state index contributed by atoms with van der Waals surface area (Å²) in [6.45, 7) is 5.02. The number of rotatable bonds is 1. The van der Waals surface area contributed by atoms with E-state index in [1.165, 1.54) is 12.8 Å². The minimum absolute atomic E-state index is 0.321. The van der Waals surface area contributed by atoms with Gasteiger partial charge in [-0.05, 0) is 19.8 Å². The van der Waals surface area contributed by atoms with E-state index in [1.54, 1.807) is 7.11 Å². The Morgan fingerprint density at radius 2 is 2.30 bits per heavy atom. The van der Waals surface area contributed by atoms with Crippen LogP contribution in [0.15, 0.2) is 0 Å². The quantitative estimate of drug-likeness (QED) is 0.558. The van der Waals surface area contributed by atoms with Crippen LogP contribution in [-0.4, -0.2) is 19.5 Å². The molecule has 1 rings (SSSR count). The molecule has 10 heavy (non-hydrogen) atoms. The van der Waals surface area contributed by atoms with Gasteiger partial charge in [0.1, 0.15) is 0 Å². The first-order chi connectivity index (χ1) is 4.69. The molecule has 0 amide bonds. The minimum atomic E-state index is -0.321. The number of hydrogen-bond donors (Lipinski definition) is 0. The largest absolute Gasteiger partial charge is 0.353 e. The Hall–Kier alpha value is -0.0800. The van der Waals surface area contributed by atoms with E-state index in [0.717, 1.165) is 6.61 Å². The van der Waals surface area contributed by atoms with Crippen LogP contribution in [0.4, 0.5) is 0 Å². The average Bonchev–Trinajstić information content (AvgIpc) is 1.96. The van der Waals surface area contributed by atoms with E-state index >= 15 is 0 Å². The lowest BCUT2D eigenvalue weighted by molar-refractivity contribution is -0.256. The lowest BCUT2D eigenvalue weighted by Gasteiger charge is -2.37. The highest BCUT2D eigenvalue weighted by molar-refractivity contribution is 4.74. The molecule has 1 fully saturated rings. The van der Waals surface area contributed by atoms with Crippen molar-refractivity contribution in [2.24, 2.45) is 5.92 Å². The van der Waals surface area contributed by atoms with Gasteiger partial charge in [-0.15, -0.1) is 0 Å². The number of hydrogen-bond acceptors (Lipinski definition) is 2. The first kappa shape index (κ1) is 8.02. The van der Waals surface area contributed by atoms with E-state index in [2.05, 4.69) is 6.92 Å². The van der Waals surface area contributed by atoms with Crippen molar-refractivity contribution in [2.45, 2.75) is 32.5 Å². The summed E-state index contributed by atoms with van der Waals surface area (Å²) in [5.74, 6) is 0.198. The third kappa shape index (κ3) is 1.32. The summed E-state index contributed by atoms with van der Waals surface area (Å²) in [5, 5.41) is 0. The van der Waals surface area contributed by atoms with Gasteiger partial charge in [0, 0.05) is 13.0 Å². The molecule has 0 radical (unpaired) electrons. The molecule has 0 aromatic rings. The fourth-order valence-electron chi connectivity index (χ4n) is 1.33. The molecule has 2 heteroatoms. The Balaban J connectivity index is 2.54. The van der Waals surface area contributed by atoms with Gasteiger partial charge in [0.05, 0.1) is 6.61 Å². The third-order valence-corrected chi connectivity index (χ3v) is 2.47. The summed E-state index contributed by atoms with van der Waals surface area (Å²) >= 11 is 0. The first-order valence-electron chi connectivity index (χ1n) is 3.88. The standard InChI is InChI=1S/C8H16O2/c1-7-5-4-6-10-8(7,2)9-3/h7H,4-6H2,1-3H3. The summed E-state index contributed by atoms with van der Waals surface area (Å²) < 4.78 is 10.8. The van der Waals surface area contributed by atoms with Crippen molar-refractivity contribution in [2.75, 3.05) is 13.7 Å². The molecule has 2 atom stereocenters. The van der Waals surface area contributed by atoms with Crippen molar-refractivity contribution in [1.82, 2.24) is 0 Å². The Labute approximate surface area is 62.5 Å². The highest BCUT2D eigenvalue weighted by atomic mass is 16.7. The minimum Gasteiger partial charge on any atom is -0.353 e.